The van der Waals surface area contributed by atoms with Crippen molar-refractivity contribution in [2.75, 3.05) is 0 Å². The van der Waals surface area contributed by atoms with Crippen LogP contribution in [0.15, 0.2) is 84.9 Å². The standard InChI is InChI=1S/C32H32F2/c1-3-5-6-8-24-11-15-26(16-12-24)30-20-18-28(22-32(30)34)27-17-19-29(31(33)21-27)25-13-9-23(7-4-2)10-14-25/h9-22H,3-8H2,1-2H3. The lowest BCUT2D eigenvalue weighted by Gasteiger charge is -2.10. The number of unbranched alkanes of at least 4 members (excludes halogenated alkanes) is 2. The minimum Gasteiger partial charge on any atom is -0.206 e. The molecule has 0 N–H and O–H groups in total. The van der Waals surface area contributed by atoms with Crippen LogP contribution < -0.4 is 0 Å². The Morgan fingerprint density at radius 3 is 1.32 bits per heavy atom. The SMILES string of the molecule is CCCCCc1ccc(-c2ccc(-c3ccc(-c4ccc(CCC)cc4)c(F)c3)cc2F)cc1. The van der Waals surface area contributed by atoms with Crippen molar-refractivity contribution >= 4 is 0 Å². The van der Waals surface area contributed by atoms with E-state index in [9.17, 15) is 4.39 Å². The summed E-state index contributed by atoms with van der Waals surface area (Å²) in [6.07, 6.45) is 6.77. The molecule has 0 aliphatic carbocycles. The van der Waals surface area contributed by atoms with Crippen LogP contribution in [0, 0.1) is 11.6 Å². The van der Waals surface area contributed by atoms with E-state index in [4.69, 9.17) is 0 Å². The number of aryl methyl sites for hydroxylation is 2. The molecule has 34 heavy (non-hydrogen) atoms. The zero-order valence-corrected chi connectivity index (χ0v) is 20.1. The Balaban J connectivity index is 1.53. The second kappa shape index (κ2) is 11.2. The molecule has 2 heteroatoms. The van der Waals surface area contributed by atoms with Crippen LogP contribution in [0.1, 0.15) is 50.7 Å². The van der Waals surface area contributed by atoms with Crippen LogP contribution in [-0.2, 0) is 12.8 Å². The normalized spacial score (nSPS) is 11.1. The molecule has 174 valence electrons. The molecule has 0 unspecified atom stereocenters. The molecule has 0 fully saturated rings. The van der Waals surface area contributed by atoms with Gasteiger partial charge in [-0.15, -0.1) is 0 Å². The summed E-state index contributed by atoms with van der Waals surface area (Å²) in [4.78, 5) is 0. The third-order valence-corrected chi connectivity index (χ3v) is 6.41. The fraction of sp³-hybridized carbons (Fsp3) is 0.250. The summed E-state index contributed by atoms with van der Waals surface area (Å²) in [5, 5.41) is 0. The van der Waals surface area contributed by atoms with Gasteiger partial charge in [0.25, 0.3) is 0 Å². The summed E-state index contributed by atoms with van der Waals surface area (Å²) in [6, 6.07) is 26.5. The molecule has 4 aromatic carbocycles. The second-order valence-electron chi connectivity index (χ2n) is 8.99. The third kappa shape index (κ3) is 5.62. The van der Waals surface area contributed by atoms with E-state index in [1.54, 1.807) is 12.1 Å². The summed E-state index contributed by atoms with van der Waals surface area (Å²) in [7, 11) is 0. The molecule has 0 nitrogen and oxygen atoms in total. The summed E-state index contributed by atoms with van der Waals surface area (Å²) in [5.74, 6) is -0.601. The van der Waals surface area contributed by atoms with Crippen molar-refractivity contribution in [3.63, 3.8) is 0 Å². The zero-order chi connectivity index (χ0) is 23.9. The summed E-state index contributed by atoms with van der Waals surface area (Å²) in [5.41, 5.74) is 6.70. The maximum Gasteiger partial charge on any atom is 0.131 e. The molecule has 0 bridgehead atoms. The van der Waals surface area contributed by atoms with Crippen molar-refractivity contribution in [2.24, 2.45) is 0 Å². The molecule has 0 spiro atoms. The van der Waals surface area contributed by atoms with Crippen LogP contribution in [0.3, 0.4) is 0 Å². The van der Waals surface area contributed by atoms with E-state index in [0.717, 1.165) is 30.4 Å². The van der Waals surface area contributed by atoms with Gasteiger partial charge in [-0.1, -0.05) is 106 Å². The van der Waals surface area contributed by atoms with E-state index >= 15 is 4.39 Å². The highest BCUT2D eigenvalue weighted by molar-refractivity contribution is 5.74. The van der Waals surface area contributed by atoms with Crippen molar-refractivity contribution < 1.29 is 8.78 Å². The molecule has 0 aromatic heterocycles. The van der Waals surface area contributed by atoms with Crippen LogP contribution in [0.2, 0.25) is 0 Å². The smallest absolute Gasteiger partial charge is 0.131 e. The lowest BCUT2D eigenvalue weighted by Crippen LogP contribution is -1.91. The van der Waals surface area contributed by atoms with Gasteiger partial charge in [0.15, 0.2) is 0 Å². The molecule has 0 aliphatic heterocycles. The zero-order valence-electron chi connectivity index (χ0n) is 20.1. The molecule has 0 heterocycles. The predicted octanol–water partition coefficient (Wildman–Crippen LogP) is 9.65. The maximum atomic E-state index is 15.0. The topological polar surface area (TPSA) is 0 Å². The van der Waals surface area contributed by atoms with E-state index in [0.29, 0.717) is 22.3 Å². The van der Waals surface area contributed by atoms with E-state index in [1.807, 2.05) is 36.4 Å². The molecule has 0 aliphatic rings. The Labute approximate surface area is 202 Å². The van der Waals surface area contributed by atoms with Crippen LogP contribution in [0.4, 0.5) is 8.78 Å². The third-order valence-electron chi connectivity index (χ3n) is 6.41. The van der Waals surface area contributed by atoms with Gasteiger partial charge < -0.3 is 0 Å². The molecule has 0 saturated carbocycles. The first-order valence-electron chi connectivity index (χ1n) is 12.4. The van der Waals surface area contributed by atoms with Gasteiger partial charge in [-0.25, -0.2) is 8.78 Å². The molecular formula is C32H32F2. The fourth-order valence-electron chi connectivity index (χ4n) is 4.43. The van der Waals surface area contributed by atoms with Crippen LogP contribution in [0.5, 0.6) is 0 Å². The Morgan fingerprint density at radius 1 is 0.471 bits per heavy atom. The Morgan fingerprint density at radius 2 is 0.912 bits per heavy atom. The summed E-state index contributed by atoms with van der Waals surface area (Å²) in [6.45, 7) is 4.34. The van der Waals surface area contributed by atoms with Gasteiger partial charge in [0.1, 0.15) is 11.6 Å². The second-order valence-corrected chi connectivity index (χ2v) is 8.99. The van der Waals surface area contributed by atoms with Gasteiger partial charge in [0.05, 0.1) is 0 Å². The quantitative estimate of drug-likeness (QED) is 0.221. The fourth-order valence-corrected chi connectivity index (χ4v) is 4.43. The Hall–Kier alpha value is -3.26. The number of hydrogen-bond donors (Lipinski definition) is 0. The highest BCUT2D eigenvalue weighted by Crippen LogP contribution is 2.31. The van der Waals surface area contributed by atoms with Crippen molar-refractivity contribution in [1.82, 2.24) is 0 Å². The number of hydrogen-bond acceptors (Lipinski definition) is 0. The first kappa shape index (κ1) is 23.9. The Bertz CT molecular complexity index is 1220. The molecule has 0 saturated heterocycles. The van der Waals surface area contributed by atoms with Crippen molar-refractivity contribution in [1.29, 1.82) is 0 Å². The van der Waals surface area contributed by atoms with Crippen molar-refractivity contribution in [2.45, 2.75) is 52.4 Å². The van der Waals surface area contributed by atoms with Crippen molar-refractivity contribution in [3.05, 3.63) is 108 Å². The van der Waals surface area contributed by atoms with Crippen molar-refractivity contribution in [3.8, 4) is 33.4 Å². The predicted molar refractivity (Wildman–Crippen MR) is 140 cm³/mol. The van der Waals surface area contributed by atoms with E-state index in [2.05, 4.69) is 38.1 Å². The van der Waals surface area contributed by atoms with Gasteiger partial charge in [-0.05, 0) is 64.8 Å². The van der Waals surface area contributed by atoms with E-state index < -0.39 is 0 Å². The minimum atomic E-state index is -0.302. The molecule has 0 amide bonds. The molecule has 0 radical (unpaired) electrons. The summed E-state index contributed by atoms with van der Waals surface area (Å²) >= 11 is 0. The first-order chi connectivity index (χ1) is 16.6. The minimum absolute atomic E-state index is 0.299. The molecule has 4 aromatic rings. The van der Waals surface area contributed by atoms with Crippen LogP contribution in [0.25, 0.3) is 33.4 Å². The van der Waals surface area contributed by atoms with Crippen LogP contribution >= 0.6 is 0 Å². The number of halogens is 2. The maximum absolute atomic E-state index is 15.0. The number of rotatable bonds is 9. The first-order valence-corrected chi connectivity index (χ1v) is 12.4. The van der Waals surface area contributed by atoms with Gasteiger partial charge in [0, 0.05) is 11.1 Å². The van der Waals surface area contributed by atoms with Gasteiger partial charge >= 0.3 is 0 Å². The molecular weight excluding hydrogens is 422 g/mol. The average Bonchev–Trinajstić information content (AvgIpc) is 2.85. The molecule has 4 rings (SSSR count). The van der Waals surface area contributed by atoms with E-state index in [1.165, 1.54) is 42.5 Å². The number of benzene rings is 4. The van der Waals surface area contributed by atoms with Gasteiger partial charge in [-0.3, -0.25) is 0 Å². The van der Waals surface area contributed by atoms with E-state index in [-0.39, 0.29) is 11.6 Å². The van der Waals surface area contributed by atoms with Crippen LogP contribution in [-0.4, -0.2) is 0 Å². The largest absolute Gasteiger partial charge is 0.206 e. The highest BCUT2D eigenvalue weighted by Gasteiger charge is 2.11. The monoisotopic (exact) mass is 454 g/mol. The van der Waals surface area contributed by atoms with Gasteiger partial charge in [-0.2, -0.15) is 0 Å². The highest BCUT2D eigenvalue weighted by atomic mass is 19.1. The summed E-state index contributed by atoms with van der Waals surface area (Å²) < 4.78 is 30.0. The molecule has 0 atom stereocenters. The lowest BCUT2D eigenvalue weighted by atomic mass is 9.96. The Kier molecular flexibility index (Phi) is 7.90. The van der Waals surface area contributed by atoms with Gasteiger partial charge in [0.2, 0.25) is 0 Å². The average molecular weight is 455 g/mol. The lowest BCUT2D eigenvalue weighted by molar-refractivity contribution is 0.629.